The molecule has 0 unspecified atom stereocenters. The second-order valence-electron chi connectivity index (χ2n) is 7.97. The molecule has 0 amide bonds. The Morgan fingerprint density at radius 1 is 0.647 bits per heavy atom. The Morgan fingerprint density at radius 3 is 2.15 bits per heavy atom. The van der Waals surface area contributed by atoms with Crippen molar-refractivity contribution in [1.82, 2.24) is 19.5 Å². The molecule has 4 nitrogen and oxygen atoms in total. The van der Waals surface area contributed by atoms with Crippen LogP contribution in [0.5, 0.6) is 0 Å². The Kier molecular flexibility index (Phi) is 5.24. The number of halogens is 1. The quantitative estimate of drug-likeness (QED) is 0.249. The number of benzene rings is 3. The van der Waals surface area contributed by atoms with Crippen LogP contribution in [0.25, 0.3) is 50.5 Å². The summed E-state index contributed by atoms with van der Waals surface area (Å²) in [7, 11) is 0. The summed E-state index contributed by atoms with van der Waals surface area (Å²) < 4.78 is 3.11. The summed E-state index contributed by atoms with van der Waals surface area (Å²) in [6.07, 6.45) is 5.52. The zero-order valence-corrected chi connectivity index (χ0v) is 19.7. The van der Waals surface area contributed by atoms with Crippen LogP contribution in [0.15, 0.2) is 120 Å². The van der Waals surface area contributed by atoms with Crippen molar-refractivity contribution in [3.63, 3.8) is 0 Å². The predicted molar refractivity (Wildman–Crippen MR) is 141 cm³/mol. The number of hydrogen-bond acceptors (Lipinski definition) is 3. The fourth-order valence-electron chi connectivity index (χ4n) is 4.26. The summed E-state index contributed by atoms with van der Waals surface area (Å²) in [5, 5.41) is 0. The van der Waals surface area contributed by atoms with Crippen LogP contribution in [0, 0.1) is 0 Å². The highest BCUT2D eigenvalue weighted by molar-refractivity contribution is 9.10. The molecule has 0 spiro atoms. The minimum Gasteiger partial charge on any atom is -0.277 e. The topological polar surface area (TPSA) is 43.6 Å². The molecule has 0 aliphatic heterocycles. The Bertz CT molecular complexity index is 1590. The van der Waals surface area contributed by atoms with Crippen molar-refractivity contribution in [2.45, 2.75) is 0 Å². The molecule has 0 fully saturated rings. The van der Waals surface area contributed by atoms with Gasteiger partial charge in [0.1, 0.15) is 11.3 Å². The number of hydrogen-bond donors (Lipinski definition) is 0. The zero-order valence-electron chi connectivity index (χ0n) is 18.1. The zero-order chi connectivity index (χ0) is 22.9. The molecule has 0 bridgehead atoms. The Balaban J connectivity index is 1.65. The predicted octanol–water partition coefficient (Wildman–Crippen LogP) is 7.58. The van der Waals surface area contributed by atoms with E-state index < -0.39 is 0 Å². The van der Waals surface area contributed by atoms with Gasteiger partial charge in [0.25, 0.3) is 0 Å². The van der Waals surface area contributed by atoms with Gasteiger partial charge in [-0.2, -0.15) is 0 Å². The highest BCUT2D eigenvalue weighted by Crippen LogP contribution is 2.35. The van der Waals surface area contributed by atoms with Crippen molar-refractivity contribution < 1.29 is 0 Å². The van der Waals surface area contributed by atoms with E-state index in [1.54, 1.807) is 6.20 Å². The second kappa shape index (κ2) is 8.69. The van der Waals surface area contributed by atoms with Crippen LogP contribution in [0.4, 0.5) is 0 Å². The van der Waals surface area contributed by atoms with E-state index in [0.29, 0.717) is 0 Å². The molecule has 0 saturated heterocycles. The van der Waals surface area contributed by atoms with Gasteiger partial charge in [0.15, 0.2) is 5.65 Å². The first kappa shape index (κ1) is 20.5. The van der Waals surface area contributed by atoms with Crippen LogP contribution in [-0.4, -0.2) is 19.5 Å². The minimum absolute atomic E-state index is 0.824. The van der Waals surface area contributed by atoms with Crippen molar-refractivity contribution in [1.29, 1.82) is 0 Å². The van der Waals surface area contributed by atoms with Gasteiger partial charge in [0, 0.05) is 45.4 Å². The van der Waals surface area contributed by atoms with E-state index in [1.165, 1.54) is 0 Å². The maximum atomic E-state index is 5.18. The van der Waals surface area contributed by atoms with Crippen LogP contribution < -0.4 is 0 Å². The lowest BCUT2D eigenvalue weighted by atomic mass is 10.0. The largest absolute Gasteiger partial charge is 0.277 e. The van der Waals surface area contributed by atoms with Crippen molar-refractivity contribution >= 4 is 27.1 Å². The number of imidazole rings is 1. The summed E-state index contributed by atoms with van der Waals surface area (Å²) >= 11 is 3.71. The van der Waals surface area contributed by atoms with Crippen molar-refractivity contribution in [3.8, 4) is 39.3 Å². The van der Waals surface area contributed by atoms with Crippen molar-refractivity contribution in [2.75, 3.05) is 0 Å². The number of rotatable bonds is 4. The monoisotopic (exact) mass is 502 g/mol. The van der Waals surface area contributed by atoms with E-state index in [2.05, 4.69) is 74.0 Å². The molecule has 6 aromatic rings. The van der Waals surface area contributed by atoms with Crippen LogP contribution in [0.3, 0.4) is 0 Å². The number of nitrogens with zero attached hydrogens (tertiary/aromatic N) is 4. The van der Waals surface area contributed by atoms with Crippen LogP contribution in [-0.2, 0) is 0 Å². The molecule has 5 heteroatoms. The summed E-state index contributed by atoms with van der Waals surface area (Å²) in [5.74, 6) is 0.837. The van der Waals surface area contributed by atoms with Crippen molar-refractivity contribution in [2.24, 2.45) is 0 Å². The SMILES string of the molecule is Brc1cc(-c2cccnc2)cc(-c2nc3c(-c4ccccc4)ccnc3n2-c2ccccc2)c1. The number of pyridine rings is 2. The Hall–Kier alpha value is -4.09. The van der Waals surface area contributed by atoms with Gasteiger partial charge in [0.2, 0.25) is 0 Å². The highest BCUT2D eigenvalue weighted by Gasteiger charge is 2.19. The fourth-order valence-corrected chi connectivity index (χ4v) is 4.75. The van der Waals surface area contributed by atoms with Crippen LogP contribution in [0.1, 0.15) is 0 Å². The third-order valence-electron chi connectivity index (χ3n) is 5.80. The molecule has 0 radical (unpaired) electrons. The maximum Gasteiger partial charge on any atom is 0.165 e. The third-order valence-corrected chi connectivity index (χ3v) is 6.25. The van der Waals surface area contributed by atoms with E-state index in [1.807, 2.05) is 60.9 Å². The molecule has 0 N–H and O–H groups in total. The molecule has 0 atom stereocenters. The first-order valence-electron chi connectivity index (χ1n) is 11.0. The lowest BCUT2D eigenvalue weighted by Gasteiger charge is -2.11. The van der Waals surface area contributed by atoms with Gasteiger partial charge in [0.05, 0.1) is 0 Å². The van der Waals surface area contributed by atoms with Gasteiger partial charge in [-0.05, 0) is 53.6 Å². The normalized spacial score (nSPS) is 11.1. The maximum absolute atomic E-state index is 5.18. The first-order valence-corrected chi connectivity index (χ1v) is 11.8. The molecule has 3 aromatic heterocycles. The molecule has 34 heavy (non-hydrogen) atoms. The third kappa shape index (κ3) is 3.70. The molecule has 0 saturated carbocycles. The fraction of sp³-hybridized carbons (Fsp3) is 0. The van der Waals surface area contributed by atoms with Gasteiger partial charge in [-0.3, -0.25) is 9.55 Å². The highest BCUT2D eigenvalue weighted by atomic mass is 79.9. The number of fused-ring (bicyclic) bond motifs is 1. The van der Waals surface area contributed by atoms with E-state index >= 15 is 0 Å². The Labute approximate surface area is 205 Å². The van der Waals surface area contributed by atoms with E-state index in [0.717, 1.165) is 55.0 Å². The molecular formula is C29H19BrN4. The lowest BCUT2D eigenvalue weighted by Crippen LogP contribution is -1.99. The van der Waals surface area contributed by atoms with E-state index in [-0.39, 0.29) is 0 Å². The van der Waals surface area contributed by atoms with Crippen LogP contribution in [0.2, 0.25) is 0 Å². The smallest absolute Gasteiger partial charge is 0.165 e. The molecule has 3 aromatic carbocycles. The summed E-state index contributed by atoms with van der Waals surface area (Å²) in [4.78, 5) is 14.2. The summed E-state index contributed by atoms with van der Waals surface area (Å²) in [6, 6.07) is 33.0. The van der Waals surface area contributed by atoms with Gasteiger partial charge in [-0.1, -0.05) is 70.5 Å². The van der Waals surface area contributed by atoms with Gasteiger partial charge >= 0.3 is 0 Å². The molecule has 3 heterocycles. The van der Waals surface area contributed by atoms with Crippen molar-refractivity contribution in [3.05, 3.63) is 120 Å². The molecule has 162 valence electrons. The van der Waals surface area contributed by atoms with Gasteiger partial charge in [-0.25, -0.2) is 9.97 Å². The molecular weight excluding hydrogens is 484 g/mol. The molecule has 0 aliphatic rings. The average molecular weight is 503 g/mol. The minimum atomic E-state index is 0.824. The number of para-hydroxylation sites is 1. The van der Waals surface area contributed by atoms with Gasteiger partial charge < -0.3 is 0 Å². The summed E-state index contributed by atoms with van der Waals surface area (Å²) in [6.45, 7) is 0. The van der Waals surface area contributed by atoms with Gasteiger partial charge in [-0.15, -0.1) is 0 Å². The summed E-state index contributed by atoms with van der Waals surface area (Å²) in [5.41, 5.74) is 8.00. The lowest BCUT2D eigenvalue weighted by molar-refractivity contribution is 1.08. The number of aromatic nitrogens is 4. The Morgan fingerprint density at radius 2 is 1.38 bits per heavy atom. The molecule has 0 aliphatic carbocycles. The first-order chi connectivity index (χ1) is 16.8. The van der Waals surface area contributed by atoms with E-state index in [9.17, 15) is 0 Å². The van der Waals surface area contributed by atoms with Crippen LogP contribution >= 0.6 is 15.9 Å². The second-order valence-corrected chi connectivity index (χ2v) is 8.89. The molecule has 6 rings (SSSR count). The standard InChI is InChI=1S/C29H19BrN4/c30-24-17-22(21-10-7-14-31-19-21)16-23(18-24)28-33-27-26(20-8-3-1-4-9-20)13-15-32-29(27)34(28)25-11-5-2-6-12-25/h1-19H. The van der Waals surface area contributed by atoms with E-state index in [4.69, 9.17) is 9.97 Å². The average Bonchev–Trinajstić information content (AvgIpc) is 3.30.